The summed E-state index contributed by atoms with van der Waals surface area (Å²) in [5, 5.41) is -0.488. The van der Waals surface area contributed by atoms with Crippen LogP contribution in [0.15, 0.2) is 17.1 Å². The van der Waals surface area contributed by atoms with Gasteiger partial charge in [0.2, 0.25) is 0 Å². The summed E-state index contributed by atoms with van der Waals surface area (Å²) < 4.78 is 23.9. The Morgan fingerprint density at radius 3 is 2.82 bits per heavy atom. The molecule has 1 aliphatic rings. The third-order valence-corrected chi connectivity index (χ3v) is 5.41. The second-order valence-electron chi connectivity index (χ2n) is 4.34. The minimum absolute atomic E-state index is 0.121. The Kier molecular flexibility index (Phi) is 3.35. The van der Waals surface area contributed by atoms with Gasteiger partial charge in [0.15, 0.2) is 9.84 Å². The fourth-order valence-electron chi connectivity index (χ4n) is 2.22. The minimum Gasteiger partial charge on any atom is -0.329 e. The molecule has 1 aliphatic heterocycles. The van der Waals surface area contributed by atoms with Gasteiger partial charge in [-0.15, -0.1) is 0 Å². The number of pyridine rings is 1. The van der Waals surface area contributed by atoms with Crippen LogP contribution < -0.4 is 11.3 Å². The lowest BCUT2D eigenvalue weighted by molar-refractivity contribution is 0.545. The van der Waals surface area contributed by atoms with Crippen LogP contribution >= 0.6 is 0 Å². The number of rotatable bonds is 2. The van der Waals surface area contributed by atoms with Crippen LogP contribution in [0, 0.1) is 0 Å². The molecular weight excluding hydrogens is 240 g/mol. The lowest BCUT2D eigenvalue weighted by Crippen LogP contribution is -2.24. The molecule has 0 aliphatic carbocycles. The molecule has 0 radical (unpaired) electrons. The van der Waals surface area contributed by atoms with E-state index in [1.54, 1.807) is 6.07 Å². The number of sulfone groups is 1. The van der Waals surface area contributed by atoms with Crippen LogP contribution in [0.2, 0.25) is 0 Å². The molecule has 2 heterocycles. The van der Waals surface area contributed by atoms with Crippen molar-refractivity contribution in [2.75, 3.05) is 5.75 Å². The zero-order chi connectivity index (χ0) is 12.5. The van der Waals surface area contributed by atoms with Crippen LogP contribution in [-0.2, 0) is 16.4 Å². The van der Waals surface area contributed by atoms with Crippen LogP contribution in [0.4, 0.5) is 0 Å². The first-order valence-electron chi connectivity index (χ1n) is 5.68. The Balaban J connectivity index is 2.43. The fraction of sp³-hybridized carbons (Fsp3) is 0.545. The first kappa shape index (κ1) is 12.3. The highest BCUT2D eigenvalue weighted by Gasteiger charge is 2.30. The summed E-state index contributed by atoms with van der Waals surface area (Å²) in [5.74, 6) is 0.231. The highest BCUT2D eigenvalue weighted by atomic mass is 32.2. The Morgan fingerprint density at radius 2 is 2.18 bits per heavy atom. The molecular formula is C11H16N2O3S. The van der Waals surface area contributed by atoms with Gasteiger partial charge in [0.05, 0.1) is 11.0 Å². The molecule has 1 aromatic heterocycles. The second kappa shape index (κ2) is 4.62. The van der Waals surface area contributed by atoms with Gasteiger partial charge in [-0.25, -0.2) is 8.42 Å². The van der Waals surface area contributed by atoms with E-state index in [0.29, 0.717) is 17.5 Å². The van der Waals surface area contributed by atoms with E-state index < -0.39 is 15.1 Å². The van der Waals surface area contributed by atoms with E-state index in [2.05, 4.69) is 4.98 Å². The van der Waals surface area contributed by atoms with Gasteiger partial charge in [-0.2, -0.15) is 0 Å². The van der Waals surface area contributed by atoms with Crippen molar-refractivity contribution in [3.8, 4) is 0 Å². The Morgan fingerprint density at radius 1 is 1.41 bits per heavy atom. The summed E-state index contributed by atoms with van der Waals surface area (Å²) in [7, 11) is -3.08. The smallest absolute Gasteiger partial charge is 0.252 e. The van der Waals surface area contributed by atoms with Crippen molar-refractivity contribution in [3.63, 3.8) is 0 Å². The van der Waals surface area contributed by atoms with E-state index in [1.165, 1.54) is 6.20 Å². The lowest BCUT2D eigenvalue weighted by Gasteiger charge is -2.22. The van der Waals surface area contributed by atoms with E-state index in [0.717, 1.165) is 12.8 Å². The van der Waals surface area contributed by atoms with E-state index in [9.17, 15) is 13.2 Å². The molecule has 6 heteroatoms. The molecule has 1 atom stereocenters. The van der Waals surface area contributed by atoms with Crippen molar-refractivity contribution in [2.24, 2.45) is 5.73 Å². The maximum absolute atomic E-state index is 11.9. The Hall–Kier alpha value is -1.14. The number of aromatic amines is 1. The molecule has 2 rings (SSSR count). The summed E-state index contributed by atoms with van der Waals surface area (Å²) in [6.45, 7) is 0.121. The van der Waals surface area contributed by atoms with Gasteiger partial charge in [0.1, 0.15) is 0 Å². The molecule has 1 fully saturated rings. The van der Waals surface area contributed by atoms with Gasteiger partial charge in [0, 0.05) is 18.3 Å². The van der Waals surface area contributed by atoms with Crippen molar-refractivity contribution in [2.45, 2.75) is 31.1 Å². The lowest BCUT2D eigenvalue weighted by atomic mass is 10.1. The highest BCUT2D eigenvalue weighted by molar-refractivity contribution is 7.91. The quantitative estimate of drug-likeness (QED) is 0.804. The molecule has 5 nitrogen and oxygen atoms in total. The number of H-pyrrole nitrogens is 1. The van der Waals surface area contributed by atoms with Gasteiger partial charge in [0.25, 0.3) is 5.56 Å². The summed E-state index contributed by atoms with van der Waals surface area (Å²) in [4.78, 5) is 13.9. The van der Waals surface area contributed by atoms with Crippen molar-refractivity contribution >= 4 is 9.84 Å². The average molecular weight is 256 g/mol. The number of aromatic nitrogens is 1. The predicted molar refractivity (Wildman–Crippen MR) is 65.3 cm³/mol. The van der Waals surface area contributed by atoms with E-state index in [4.69, 9.17) is 5.73 Å². The zero-order valence-electron chi connectivity index (χ0n) is 9.48. The molecule has 0 saturated carbocycles. The third kappa shape index (κ3) is 2.42. The van der Waals surface area contributed by atoms with E-state index in [-0.39, 0.29) is 17.9 Å². The van der Waals surface area contributed by atoms with Crippen LogP contribution in [0.25, 0.3) is 0 Å². The van der Waals surface area contributed by atoms with Crippen LogP contribution in [0.1, 0.15) is 35.6 Å². The van der Waals surface area contributed by atoms with Crippen LogP contribution in [-0.4, -0.2) is 19.2 Å². The highest BCUT2D eigenvalue weighted by Crippen LogP contribution is 2.32. The van der Waals surface area contributed by atoms with Crippen LogP contribution in [0.5, 0.6) is 0 Å². The molecule has 3 N–H and O–H groups in total. The fourth-order valence-corrected chi connectivity index (χ4v) is 4.18. The first-order chi connectivity index (χ1) is 8.04. The predicted octanol–water partition coefficient (Wildman–Crippen LogP) is 0.473. The van der Waals surface area contributed by atoms with Gasteiger partial charge in [-0.1, -0.05) is 6.42 Å². The first-order valence-corrected chi connectivity index (χ1v) is 7.39. The van der Waals surface area contributed by atoms with E-state index in [1.807, 2.05) is 0 Å². The SMILES string of the molecule is NCc1cc(C2CCCCS2(=O)=O)c[nH]c1=O. The van der Waals surface area contributed by atoms with Gasteiger partial charge >= 0.3 is 0 Å². The molecule has 94 valence electrons. The normalized spacial score (nSPS) is 23.5. The maximum Gasteiger partial charge on any atom is 0.252 e. The molecule has 17 heavy (non-hydrogen) atoms. The zero-order valence-corrected chi connectivity index (χ0v) is 10.3. The third-order valence-electron chi connectivity index (χ3n) is 3.17. The van der Waals surface area contributed by atoms with Crippen molar-refractivity contribution < 1.29 is 8.42 Å². The minimum atomic E-state index is -3.08. The number of hydrogen-bond donors (Lipinski definition) is 2. The van der Waals surface area contributed by atoms with Crippen molar-refractivity contribution in [3.05, 3.63) is 33.7 Å². The van der Waals surface area contributed by atoms with Crippen molar-refractivity contribution in [1.29, 1.82) is 0 Å². The van der Waals surface area contributed by atoms with Gasteiger partial charge < -0.3 is 10.7 Å². The molecule has 1 unspecified atom stereocenters. The van der Waals surface area contributed by atoms with Crippen molar-refractivity contribution in [1.82, 2.24) is 4.98 Å². The summed E-state index contributed by atoms with van der Waals surface area (Å²) in [6.07, 6.45) is 3.75. The van der Waals surface area contributed by atoms with Crippen LogP contribution in [0.3, 0.4) is 0 Å². The van der Waals surface area contributed by atoms with E-state index >= 15 is 0 Å². The molecule has 0 bridgehead atoms. The summed E-state index contributed by atoms with van der Waals surface area (Å²) in [5.41, 5.74) is 6.29. The standard InChI is InChI=1S/C11H16N2O3S/c12-6-8-5-9(7-13-11(8)14)10-3-1-2-4-17(10,15)16/h5,7,10H,1-4,6,12H2,(H,13,14). The topological polar surface area (TPSA) is 93.0 Å². The van der Waals surface area contributed by atoms with Gasteiger partial charge in [-0.05, 0) is 24.5 Å². The maximum atomic E-state index is 11.9. The summed E-state index contributed by atoms with van der Waals surface area (Å²) in [6, 6.07) is 1.62. The molecule has 0 aromatic carbocycles. The number of nitrogens with one attached hydrogen (secondary N) is 1. The second-order valence-corrected chi connectivity index (χ2v) is 6.65. The average Bonchev–Trinajstić information content (AvgIpc) is 2.30. The number of hydrogen-bond acceptors (Lipinski definition) is 4. The number of nitrogens with two attached hydrogens (primary N) is 1. The Bertz CT molecular complexity index is 562. The molecule has 0 spiro atoms. The Labute approximate surface area is 100.0 Å². The molecule has 0 amide bonds. The van der Waals surface area contributed by atoms with Gasteiger partial charge in [-0.3, -0.25) is 4.79 Å². The monoisotopic (exact) mass is 256 g/mol. The largest absolute Gasteiger partial charge is 0.329 e. The summed E-state index contributed by atoms with van der Waals surface area (Å²) >= 11 is 0. The molecule has 1 saturated heterocycles. The molecule has 1 aromatic rings.